The molecule has 1 N–H and O–H groups in total. The maximum absolute atomic E-state index is 12.9. The number of nitro benzene ring substituents is 1. The standard InChI is InChI=1S/C22H25N5O5/c1-25(2)12-11-23-22(28)20-14-19(18-10-9-17(31-3)13-21(18)32-4)24-26(20)15-5-7-16(8-6-15)27(29)30/h5-10,13-14H,11-12H2,1-4H3,(H,23,28). The number of hydrogen-bond donors (Lipinski definition) is 1. The number of nitro groups is 1. The third-order valence-corrected chi connectivity index (χ3v) is 4.78. The van der Waals surface area contributed by atoms with Crippen LogP contribution in [0, 0.1) is 10.1 Å². The van der Waals surface area contributed by atoms with Gasteiger partial charge in [0, 0.05) is 36.9 Å². The third kappa shape index (κ3) is 5.03. The number of likely N-dealkylation sites (N-methyl/N-ethyl adjacent to an activating group) is 1. The fourth-order valence-electron chi connectivity index (χ4n) is 3.08. The zero-order valence-corrected chi connectivity index (χ0v) is 18.4. The van der Waals surface area contributed by atoms with E-state index >= 15 is 0 Å². The lowest BCUT2D eigenvalue weighted by Crippen LogP contribution is -2.32. The number of carbonyl (C=O) groups is 1. The smallest absolute Gasteiger partial charge is 0.270 e. The molecular weight excluding hydrogens is 414 g/mol. The van der Waals surface area contributed by atoms with Crippen LogP contribution in [-0.2, 0) is 0 Å². The minimum absolute atomic E-state index is 0.0464. The van der Waals surface area contributed by atoms with Gasteiger partial charge in [-0.2, -0.15) is 5.10 Å². The van der Waals surface area contributed by atoms with Crippen LogP contribution in [0.4, 0.5) is 5.69 Å². The number of benzene rings is 2. The quantitative estimate of drug-likeness (QED) is 0.403. The highest BCUT2D eigenvalue weighted by Crippen LogP contribution is 2.33. The van der Waals surface area contributed by atoms with Crippen LogP contribution in [0.25, 0.3) is 16.9 Å². The monoisotopic (exact) mass is 439 g/mol. The van der Waals surface area contributed by atoms with E-state index in [1.54, 1.807) is 50.6 Å². The largest absolute Gasteiger partial charge is 0.497 e. The predicted octanol–water partition coefficient (Wildman–Crippen LogP) is 2.76. The van der Waals surface area contributed by atoms with Crippen molar-refractivity contribution in [3.05, 3.63) is 64.3 Å². The molecule has 1 amide bonds. The van der Waals surface area contributed by atoms with Crippen molar-refractivity contribution in [1.82, 2.24) is 20.0 Å². The molecule has 2 aromatic carbocycles. The molecule has 0 bridgehead atoms. The van der Waals surface area contributed by atoms with E-state index in [0.717, 1.165) is 0 Å². The molecule has 0 aliphatic rings. The highest BCUT2D eigenvalue weighted by molar-refractivity contribution is 5.94. The summed E-state index contributed by atoms with van der Waals surface area (Å²) in [5.41, 5.74) is 1.96. The topological polar surface area (TPSA) is 112 Å². The molecule has 3 rings (SSSR count). The molecule has 0 fully saturated rings. The molecule has 0 spiro atoms. The van der Waals surface area contributed by atoms with Crippen molar-refractivity contribution in [2.75, 3.05) is 41.4 Å². The van der Waals surface area contributed by atoms with Gasteiger partial charge < -0.3 is 19.7 Å². The molecule has 0 aliphatic heterocycles. The van der Waals surface area contributed by atoms with Crippen LogP contribution in [-0.4, -0.2) is 66.9 Å². The summed E-state index contributed by atoms with van der Waals surface area (Å²) in [5, 5.41) is 18.5. The van der Waals surface area contributed by atoms with Crippen LogP contribution in [0.5, 0.6) is 11.5 Å². The number of hydrogen-bond acceptors (Lipinski definition) is 7. The summed E-state index contributed by atoms with van der Waals surface area (Å²) in [6.07, 6.45) is 0. The predicted molar refractivity (Wildman–Crippen MR) is 120 cm³/mol. The number of aromatic nitrogens is 2. The van der Waals surface area contributed by atoms with Gasteiger partial charge in [0.15, 0.2) is 0 Å². The first-order valence-corrected chi connectivity index (χ1v) is 9.84. The van der Waals surface area contributed by atoms with Gasteiger partial charge in [0.25, 0.3) is 11.6 Å². The molecule has 0 saturated heterocycles. The molecule has 10 heteroatoms. The molecule has 1 aromatic heterocycles. The van der Waals surface area contributed by atoms with Gasteiger partial charge in [0.05, 0.1) is 30.5 Å². The van der Waals surface area contributed by atoms with E-state index in [0.29, 0.717) is 47.2 Å². The molecule has 32 heavy (non-hydrogen) atoms. The van der Waals surface area contributed by atoms with E-state index in [1.165, 1.54) is 16.8 Å². The van der Waals surface area contributed by atoms with Crippen molar-refractivity contribution in [1.29, 1.82) is 0 Å². The molecule has 168 valence electrons. The Labute approximate surface area is 185 Å². The zero-order valence-electron chi connectivity index (χ0n) is 18.4. The molecule has 0 atom stereocenters. The molecule has 3 aromatic rings. The van der Waals surface area contributed by atoms with E-state index in [9.17, 15) is 14.9 Å². The highest BCUT2D eigenvalue weighted by Gasteiger charge is 2.20. The second-order valence-electron chi connectivity index (χ2n) is 7.23. The lowest BCUT2D eigenvalue weighted by Gasteiger charge is -2.11. The van der Waals surface area contributed by atoms with Gasteiger partial charge in [-0.25, -0.2) is 4.68 Å². The van der Waals surface area contributed by atoms with E-state index in [4.69, 9.17) is 9.47 Å². The van der Waals surface area contributed by atoms with Crippen LogP contribution in [0.15, 0.2) is 48.5 Å². The Balaban J connectivity index is 2.05. The Hall–Kier alpha value is -3.92. The van der Waals surface area contributed by atoms with Gasteiger partial charge in [-0.1, -0.05) is 0 Å². The van der Waals surface area contributed by atoms with Crippen LogP contribution in [0.1, 0.15) is 10.5 Å². The van der Waals surface area contributed by atoms with E-state index in [1.807, 2.05) is 19.0 Å². The van der Waals surface area contributed by atoms with E-state index < -0.39 is 4.92 Å². The average Bonchev–Trinajstić information content (AvgIpc) is 3.23. The van der Waals surface area contributed by atoms with Gasteiger partial charge in [-0.15, -0.1) is 0 Å². The number of nitrogens with one attached hydrogen (secondary N) is 1. The number of rotatable bonds is 9. The number of amides is 1. The number of nitrogens with zero attached hydrogens (tertiary/aromatic N) is 4. The lowest BCUT2D eigenvalue weighted by molar-refractivity contribution is -0.384. The van der Waals surface area contributed by atoms with Crippen molar-refractivity contribution >= 4 is 11.6 Å². The van der Waals surface area contributed by atoms with Crippen molar-refractivity contribution in [2.24, 2.45) is 0 Å². The molecule has 0 aliphatic carbocycles. The first-order valence-electron chi connectivity index (χ1n) is 9.84. The first-order chi connectivity index (χ1) is 15.3. The van der Waals surface area contributed by atoms with E-state index in [2.05, 4.69) is 10.4 Å². The van der Waals surface area contributed by atoms with Crippen molar-refractivity contribution in [2.45, 2.75) is 0 Å². The Morgan fingerprint density at radius 2 is 1.84 bits per heavy atom. The van der Waals surface area contributed by atoms with Crippen LogP contribution >= 0.6 is 0 Å². The normalized spacial score (nSPS) is 10.8. The van der Waals surface area contributed by atoms with E-state index in [-0.39, 0.29) is 11.6 Å². The molecule has 0 saturated carbocycles. The highest BCUT2D eigenvalue weighted by atomic mass is 16.6. The summed E-state index contributed by atoms with van der Waals surface area (Å²) in [6.45, 7) is 1.13. The van der Waals surface area contributed by atoms with Gasteiger partial charge >= 0.3 is 0 Å². The maximum Gasteiger partial charge on any atom is 0.270 e. The molecular formula is C22H25N5O5. The average molecular weight is 439 g/mol. The third-order valence-electron chi connectivity index (χ3n) is 4.78. The molecule has 0 radical (unpaired) electrons. The molecule has 0 unspecified atom stereocenters. The minimum atomic E-state index is -0.477. The van der Waals surface area contributed by atoms with Crippen molar-refractivity contribution in [3.63, 3.8) is 0 Å². The summed E-state index contributed by atoms with van der Waals surface area (Å²) in [6, 6.07) is 12.8. The van der Waals surface area contributed by atoms with Crippen molar-refractivity contribution < 1.29 is 19.2 Å². The minimum Gasteiger partial charge on any atom is -0.497 e. The fraction of sp³-hybridized carbons (Fsp3) is 0.273. The Morgan fingerprint density at radius 1 is 1.12 bits per heavy atom. The second-order valence-corrected chi connectivity index (χ2v) is 7.23. The molecule has 10 nitrogen and oxygen atoms in total. The Bertz CT molecular complexity index is 1110. The fourth-order valence-corrected chi connectivity index (χ4v) is 3.08. The van der Waals surface area contributed by atoms with Gasteiger partial charge in [0.1, 0.15) is 17.2 Å². The Morgan fingerprint density at radius 3 is 2.44 bits per heavy atom. The summed E-state index contributed by atoms with van der Waals surface area (Å²) < 4.78 is 12.2. The van der Waals surface area contributed by atoms with Gasteiger partial charge in [0.2, 0.25) is 0 Å². The lowest BCUT2D eigenvalue weighted by atomic mass is 10.1. The van der Waals surface area contributed by atoms with Crippen molar-refractivity contribution in [3.8, 4) is 28.4 Å². The summed E-state index contributed by atoms with van der Waals surface area (Å²) in [7, 11) is 6.94. The summed E-state index contributed by atoms with van der Waals surface area (Å²) in [5.74, 6) is 0.857. The summed E-state index contributed by atoms with van der Waals surface area (Å²) >= 11 is 0. The number of non-ortho nitro benzene ring substituents is 1. The SMILES string of the molecule is COc1ccc(-c2cc(C(=O)NCCN(C)C)n(-c3ccc([N+](=O)[O-])cc3)n2)c(OC)c1. The van der Waals surface area contributed by atoms with Gasteiger partial charge in [-0.3, -0.25) is 14.9 Å². The van der Waals surface area contributed by atoms with Crippen LogP contribution in [0.2, 0.25) is 0 Å². The maximum atomic E-state index is 12.9. The van der Waals surface area contributed by atoms with Gasteiger partial charge in [-0.05, 0) is 44.4 Å². The van der Waals surface area contributed by atoms with Crippen LogP contribution in [0.3, 0.4) is 0 Å². The van der Waals surface area contributed by atoms with Crippen LogP contribution < -0.4 is 14.8 Å². The number of ether oxygens (including phenoxy) is 2. The first kappa shape index (κ1) is 22.8. The zero-order chi connectivity index (χ0) is 23.3. The Kier molecular flexibility index (Phi) is 7.06. The second kappa shape index (κ2) is 9.92. The number of methoxy groups -OCH3 is 2. The summed E-state index contributed by atoms with van der Waals surface area (Å²) in [4.78, 5) is 25.4. The number of carbonyl (C=O) groups excluding carboxylic acids is 1. The molecule has 1 heterocycles.